The minimum atomic E-state index is 0.0660. The fraction of sp³-hybridized carbons (Fsp3) is 0.632. The van der Waals surface area contributed by atoms with E-state index in [0.29, 0.717) is 12.6 Å². The maximum atomic E-state index is 12.5. The van der Waals surface area contributed by atoms with Crippen LogP contribution in [0.1, 0.15) is 38.2 Å². The molecule has 6 heteroatoms. The fourth-order valence-corrected chi connectivity index (χ4v) is 3.93. The Morgan fingerprint density at radius 1 is 1.24 bits per heavy atom. The number of hydrogen-bond acceptors (Lipinski definition) is 4. The predicted molar refractivity (Wildman–Crippen MR) is 95.7 cm³/mol. The Bertz CT molecular complexity index is 584. The van der Waals surface area contributed by atoms with Crippen molar-refractivity contribution < 1.29 is 9.59 Å². The van der Waals surface area contributed by atoms with E-state index < -0.39 is 0 Å². The van der Waals surface area contributed by atoms with Gasteiger partial charge in [0.05, 0.1) is 5.92 Å². The first-order valence-electron chi connectivity index (χ1n) is 9.29. The molecule has 2 saturated heterocycles. The van der Waals surface area contributed by atoms with Gasteiger partial charge in [-0.15, -0.1) is 0 Å². The second-order valence-electron chi connectivity index (χ2n) is 7.15. The molecule has 2 aliphatic rings. The number of piperidine rings is 2. The third kappa shape index (κ3) is 4.78. The molecule has 0 aromatic carbocycles. The zero-order valence-corrected chi connectivity index (χ0v) is 15.0. The van der Waals surface area contributed by atoms with Gasteiger partial charge in [0.25, 0.3) is 0 Å². The number of hydrogen-bond donors (Lipinski definition) is 1. The molecule has 1 atom stereocenters. The molecule has 0 aliphatic carbocycles. The zero-order valence-electron chi connectivity index (χ0n) is 15.0. The molecule has 136 valence electrons. The summed E-state index contributed by atoms with van der Waals surface area (Å²) < 4.78 is 0. The lowest BCUT2D eigenvalue weighted by Gasteiger charge is -2.41. The molecule has 3 rings (SSSR count). The Kier molecular flexibility index (Phi) is 6.02. The van der Waals surface area contributed by atoms with Gasteiger partial charge < -0.3 is 10.2 Å². The van der Waals surface area contributed by atoms with Gasteiger partial charge in [0, 0.05) is 51.5 Å². The topological polar surface area (TPSA) is 65.5 Å². The number of nitrogens with zero attached hydrogens (tertiary/aromatic N) is 3. The lowest BCUT2D eigenvalue weighted by atomic mass is 9.93. The van der Waals surface area contributed by atoms with E-state index in [1.807, 2.05) is 17.0 Å². The summed E-state index contributed by atoms with van der Waals surface area (Å²) in [5.74, 6) is 0.385. The lowest BCUT2D eigenvalue weighted by Crippen LogP contribution is -2.51. The molecule has 1 N–H and O–H groups in total. The molecule has 1 aromatic heterocycles. The largest absolute Gasteiger partial charge is 0.352 e. The molecule has 2 aliphatic heterocycles. The standard InChI is InChI=1S/C19H28N4O2/c1-15(24)22-10-6-18(7-11-22)23-9-3-5-17(14-23)19(25)21-13-16-4-2-8-20-12-16/h2,4,8,12,17-18H,3,5-7,9-11,13-14H2,1H3,(H,21,25)/t17-/m0/s1. The van der Waals surface area contributed by atoms with E-state index in [0.717, 1.165) is 57.4 Å². The number of carbonyl (C=O) groups excluding carboxylic acids is 2. The summed E-state index contributed by atoms with van der Waals surface area (Å²) >= 11 is 0. The number of aromatic nitrogens is 1. The highest BCUT2D eigenvalue weighted by Gasteiger charge is 2.31. The summed E-state index contributed by atoms with van der Waals surface area (Å²) in [5, 5.41) is 3.06. The maximum absolute atomic E-state index is 12.5. The fourth-order valence-electron chi connectivity index (χ4n) is 3.93. The van der Waals surface area contributed by atoms with Crippen LogP contribution in [0.2, 0.25) is 0 Å². The van der Waals surface area contributed by atoms with E-state index in [9.17, 15) is 9.59 Å². The third-order valence-corrected chi connectivity index (χ3v) is 5.44. The van der Waals surface area contributed by atoms with Crippen LogP contribution in [-0.4, -0.2) is 58.8 Å². The lowest BCUT2D eigenvalue weighted by molar-refractivity contribution is -0.130. The second-order valence-corrected chi connectivity index (χ2v) is 7.15. The third-order valence-electron chi connectivity index (χ3n) is 5.44. The van der Waals surface area contributed by atoms with Crippen LogP contribution in [0.25, 0.3) is 0 Å². The quantitative estimate of drug-likeness (QED) is 0.897. The van der Waals surface area contributed by atoms with Gasteiger partial charge >= 0.3 is 0 Å². The molecule has 25 heavy (non-hydrogen) atoms. The maximum Gasteiger partial charge on any atom is 0.224 e. The van der Waals surface area contributed by atoms with E-state index in [1.165, 1.54) is 0 Å². The van der Waals surface area contributed by atoms with Crippen LogP contribution in [0.4, 0.5) is 0 Å². The number of pyridine rings is 1. The molecule has 0 radical (unpaired) electrons. The normalized spacial score (nSPS) is 22.6. The van der Waals surface area contributed by atoms with E-state index in [-0.39, 0.29) is 17.7 Å². The molecule has 0 unspecified atom stereocenters. The molecule has 2 amide bonds. The minimum absolute atomic E-state index is 0.0660. The second kappa shape index (κ2) is 8.43. The Morgan fingerprint density at radius 3 is 2.72 bits per heavy atom. The van der Waals surface area contributed by atoms with Crippen molar-refractivity contribution in [3.05, 3.63) is 30.1 Å². The van der Waals surface area contributed by atoms with E-state index in [1.54, 1.807) is 19.3 Å². The van der Waals surface area contributed by atoms with Crippen molar-refractivity contribution in [2.24, 2.45) is 5.92 Å². The molecule has 2 fully saturated rings. The zero-order chi connectivity index (χ0) is 17.6. The van der Waals surface area contributed by atoms with Crippen LogP contribution < -0.4 is 5.32 Å². The number of amides is 2. The number of nitrogens with one attached hydrogen (secondary N) is 1. The van der Waals surface area contributed by atoms with Crippen molar-refractivity contribution in [3.63, 3.8) is 0 Å². The smallest absolute Gasteiger partial charge is 0.224 e. The van der Waals surface area contributed by atoms with E-state index in [2.05, 4.69) is 15.2 Å². The highest BCUT2D eigenvalue weighted by Crippen LogP contribution is 2.24. The van der Waals surface area contributed by atoms with Gasteiger partial charge in [-0.3, -0.25) is 19.5 Å². The van der Waals surface area contributed by atoms with Crippen LogP contribution in [0, 0.1) is 5.92 Å². The highest BCUT2D eigenvalue weighted by atomic mass is 16.2. The van der Waals surface area contributed by atoms with Gasteiger partial charge in [0.1, 0.15) is 0 Å². The molecule has 6 nitrogen and oxygen atoms in total. The van der Waals surface area contributed by atoms with Crippen LogP contribution >= 0.6 is 0 Å². The van der Waals surface area contributed by atoms with Gasteiger partial charge in [-0.2, -0.15) is 0 Å². The molecular formula is C19H28N4O2. The van der Waals surface area contributed by atoms with Gasteiger partial charge in [-0.05, 0) is 43.9 Å². The summed E-state index contributed by atoms with van der Waals surface area (Å²) in [4.78, 5) is 32.5. The van der Waals surface area contributed by atoms with Crippen molar-refractivity contribution in [1.82, 2.24) is 20.1 Å². The molecule has 3 heterocycles. The van der Waals surface area contributed by atoms with Crippen molar-refractivity contribution in [2.45, 2.75) is 45.2 Å². The summed E-state index contributed by atoms with van der Waals surface area (Å²) in [6.07, 6.45) is 7.59. The number of rotatable bonds is 4. The van der Waals surface area contributed by atoms with Gasteiger partial charge in [-0.1, -0.05) is 6.07 Å². The predicted octanol–water partition coefficient (Wildman–Crippen LogP) is 1.42. The highest BCUT2D eigenvalue weighted by molar-refractivity contribution is 5.79. The number of carbonyl (C=O) groups is 2. The molecule has 0 spiro atoms. The van der Waals surface area contributed by atoms with Crippen LogP contribution in [0.15, 0.2) is 24.5 Å². The first-order chi connectivity index (χ1) is 12.1. The van der Waals surface area contributed by atoms with Crippen molar-refractivity contribution in [2.75, 3.05) is 26.2 Å². The van der Waals surface area contributed by atoms with Gasteiger partial charge in [0.2, 0.25) is 11.8 Å². The minimum Gasteiger partial charge on any atom is -0.352 e. The summed E-state index contributed by atoms with van der Waals surface area (Å²) in [5.41, 5.74) is 1.03. The van der Waals surface area contributed by atoms with Crippen molar-refractivity contribution in [3.8, 4) is 0 Å². The average molecular weight is 344 g/mol. The Morgan fingerprint density at radius 2 is 2.04 bits per heavy atom. The summed E-state index contributed by atoms with van der Waals surface area (Å²) in [7, 11) is 0. The summed E-state index contributed by atoms with van der Waals surface area (Å²) in [6.45, 7) is 5.77. The summed E-state index contributed by atoms with van der Waals surface area (Å²) in [6, 6.07) is 4.37. The molecular weight excluding hydrogens is 316 g/mol. The van der Waals surface area contributed by atoms with Crippen molar-refractivity contribution in [1.29, 1.82) is 0 Å². The van der Waals surface area contributed by atoms with Gasteiger partial charge in [-0.25, -0.2) is 0 Å². The molecule has 1 aromatic rings. The number of likely N-dealkylation sites (tertiary alicyclic amines) is 2. The van der Waals surface area contributed by atoms with Gasteiger partial charge in [0.15, 0.2) is 0 Å². The Labute approximate surface area is 149 Å². The van der Waals surface area contributed by atoms with Crippen LogP contribution in [0.5, 0.6) is 0 Å². The van der Waals surface area contributed by atoms with Crippen LogP contribution in [0.3, 0.4) is 0 Å². The van der Waals surface area contributed by atoms with E-state index >= 15 is 0 Å². The Hall–Kier alpha value is -1.95. The average Bonchev–Trinajstić information content (AvgIpc) is 2.67. The molecule has 0 bridgehead atoms. The Balaban J connectivity index is 1.47. The SMILES string of the molecule is CC(=O)N1CCC(N2CCC[C@H](C(=O)NCc3cccnc3)C2)CC1. The molecule has 0 saturated carbocycles. The monoisotopic (exact) mass is 344 g/mol. The first-order valence-corrected chi connectivity index (χ1v) is 9.29. The van der Waals surface area contributed by atoms with Crippen LogP contribution in [-0.2, 0) is 16.1 Å². The first kappa shape index (κ1) is 17.9. The van der Waals surface area contributed by atoms with E-state index in [4.69, 9.17) is 0 Å². The van der Waals surface area contributed by atoms with Crippen molar-refractivity contribution >= 4 is 11.8 Å².